The topological polar surface area (TPSA) is 46.5 Å². The molecule has 3 nitrogen and oxygen atoms in total. The van der Waals surface area contributed by atoms with Crippen LogP contribution in [-0.2, 0) is 23.1 Å². The minimum atomic E-state index is -0.825. The predicted molar refractivity (Wildman–Crippen MR) is 112 cm³/mol. The molecule has 28 heavy (non-hydrogen) atoms. The summed E-state index contributed by atoms with van der Waals surface area (Å²) in [5.74, 6) is 6.70. The Balaban J connectivity index is 1.96. The zero-order chi connectivity index (χ0) is 20.5. The van der Waals surface area contributed by atoms with Crippen LogP contribution in [0.1, 0.15) is 68.9 Å². The molecule has 1 heterocycles. The number of carboxylic acids is 1. The lowest BCUT2D eigenvalue weighted by atomic mass is 9.73. The summed E-state index contributed by atoms with van der Waals surface area (Å²) in [7, 11) is 0. The van der Waals surface area contributed by atoms with Gasteiger partial charge in [-0.3, -0.25) is 4.79 Å². The second kappa shape index (κ2) is 7.36. The van der Waals surface area contributed by atoms with Crippen molar-refractivity contribution in [3.05, 3.63) is 64.2 Å². The molecule has 0 unspecified atom stereocenters. The van der Waals surface area contributed by atoms with Gasteiger partial charge >= 0.3 is 5.97 Å². The van der Waals surface area contributed by atoms with Crippen molar-refractivity contribution in [2.75, 3.05) is 0 Å². The summed E-state index contributed by atoms with van der Waals surface area (Å²) in [6, 6.07) is 11.7. The lowest BCUT2D eigenvalue weighted by Gasteiger charge is -2.42. The number of aryl methyl sites for hydroxylation is 1. The third-order valence-corrected chi connectivity index (χ3v) is 5.22. The number of benzene rings is 2. The molecule has 0 saturated heterocycles. The molecule has 0 aromatic heterocycles. The largest absolute Gasteiger partial charge is 0.488 e. The standard InChI is InChI=1S/C25H28O3/c1-6-19-15-22-21(24(2,3)16-25(4,5)28-22)14-20(19)12-11-17-7-9-18(10-8-17)13-23(26)27/h7-10,14-15H,6,13,16H2,1-5H3,(H,26,27). The van der Waals surface area contributed by atoms with Gasteiger partial charge < -0.3 is 9.84 Å². The molecular weight excluding hydrogens is 348 g/mol. The number of rotatable bonds is 3. The van der Waals surface area contributed by atoms with Crippen LogP contribution in [0.2, 0.25) is 0 Å². The summed E-state index contributed by atoms with van der Waals surface area (Å²) in [4.78, 5) is 10.8. The molecule has 0 fully saturated rings. The Hall–Kier alpha value is -2.73. The van der Waals surface area contributed by atoms with E-state index in [0.717, 1.165) is 35.3 Å². The number of carbonyl (C=O) groups is 1. The third-order valence-electron chi connectivity index (χ3n) is 5.22. The molecule has 0 aliphatic carbocycles. The third kappa shape index (κ3) is 4.39. The first kappa shape index (κ1) is 20.0. The van der Waals surface area contributed by atoms with Crippen LogP contribution >= 0.6 is 0 Å². The molecule has 0 atom stereocenters. The minimum Gasteiger partial charge on any atom is -0.488 e. The van der Waals surface area contributed by atoms with Gasteiger partial charge in [-0.2, -0.15) is 0 Å². The zero-order valence-corrected chi connectivity index (χ0v) is 17.3. The van der Waals surface area contributed by atoms with E-state index in [-0.39, 0.29) is 17.4 Å². The summed E-state index contributed by atoms with van der Waals surface area (Å²) in [5, 5.41) is 8.88. The number of carboxylic acid groups (broad SMARTS) is 1. The van der Waals surface area contributed by atoms with E-state index in [9.17, 15) is 4.79 Å². The van der Waals surface area contributed by atoms with E-state index in [4.69, 9.17) is 9.84 Å². The molecule has 0 radical (unpaired) electrons. The van der Waals surface area contributed by atoms with Gasteiger partial charge in [-0.05, 0) is 67.5 Å². The highest BCUT2D eigenvalue weighted by Crippen LogP contribution is 2.45. The fraction of sp³-hybridized carbons (Fsp3) is 0.400. The summed E-state index contributed by atoms with van der Waals surface area (Å²) in [6.45, 7) is 10.9. The summed E-state index contributed by atoms with van der Waals surface area (Å²) >= 11 is 0. The first-order chi connectivity index (χ1) is 13.1. The summed E-state index contributed by atoms with van der Waals surface area (Å²) < 4.78 is 6.26. The average Bonchev–Trinajstić information content (AvgIpc) is 2.58. The fourth-order valence-corrected chi connectivity index (χ4v) is 4.16. The van der Waals surface area contributed by atoms with Crippen molar-refractivity contribution in [1.82, 2.24) is 0 Å². The van der Waals surface area contributed by atoms with E-state index in [1.165, 1.54) is 11.1 Å². The molecule has 3 heteroatoms. The lowest BCUT2D eigenvalue weighted by Crippen LogP contribution is -2.41. The van der Waals surface area contributed by atoms with Crippen LogP contribution < -0.4 is 4.74 Å². The Kier molecular flexibility index (Phi) is 5.26. The first-order valence-corrected chi connectivity index (χ1v) is 9.79. The highest BCUT2D eigenvalue weighted by molar-refractivity contribution is 5.70. The fourth-order valence-electron chi connectivity index (χ4n) is 4.16. The van der Waals surface area contributed by atoms with E-state index in [0.29, 0.717) is 0 Å². The van der Waals surface area contributed by atoms with E-state index in [1.54, 1.807) is 0 Å². The molecule has 0 saturated carbocycles. The van der Waals surface area contributed by atoms with Crippen molar-refractivity contribution >= 4 is 5.97 Å². The Labute approximate surface area is 167 Å². The van der Waals surface area contributed by atoms with Gasteiger partial charge in [0.05, 0.1) is 6.42 Å². The van der Waals surface area contributed by atoms with Gasteiger partial charge in [0.15, 0.2) is 0 Å². The van der Waals surface area contributed by atoms with Crippen molar-refractivity contribution in [2.45, 2.75) is 64.9 Å². The molecule has 1 aliphatic rings. The number of hydrogen-bond donors (Lipinski definition) is 1. The highest BCUT2D eigenvalue weighted by Gasteiger charge is 2.39. The van der Waals surface area contributed by atoms with E-state index >= 15 is 0 Å². The molecule has 2 aromatic carbocycles. The number of fused-ring (bicyclic) bond motifs is 1. The Morgan fingerprint density at radius 3 is 2.39 bits per heavy atom. The second-order valence-electron chi connectivity index (χ2n) is 8.80. The van der Waals surface area contributed by atoms with Gasteiger partial charge in [-0.1, -0.05) is 44.7 Å². The molecule has 1 aliphatic heterocycles. The van der Waals surface area contributed by atoms with Gasteiger partial charge in [0.25, 0.3) is 0 Å². The SMILES string of the molecule is CCc1cc2c(cc1C#Cc1ccc(CC(=O)O)cc1)C(C)(C)CC(C)(C)O2. The number of hydrogen-bond acceptors (Lipinski definition) is 2. The Bertz CT molecular complexity index is 954. The normalized spacial score (nSPS) is 16.3. The van der Waals surface area contributed by atoms with Crippen molar-refractivity contribution < 1.29 is 14.6 Å². The van der Waals surface area contributed by atoms with Gasteiger partial charge in [-0.25, -0.2) is 0 Å². The van der Waals surface area contributed by atoms with E-state index in [2.05, 4.69) is 58.6 Å². The molecule has 0 amide bonds. The van der Waals surface area contributed by atoms with Crippen LogP contribution in [0, 0.1) is 11.8 Å². The number of ether oxygens (including phenoxy) is 1. The van der Waals surface area contributed by atoms with E-state index in [1.807, 2.05) is 24.3 Å². The quantitative estimate of drug-likeness (QED) is 0.757. The maximum atomic E-state index is 10.8. The van der Waals surface area contributed by atoms with Gasteiger partial charge in [-0.15, -0.1) is 0 Å². The highest BCUT2D eigenvalue weighted by atomic mass is 16.5. The lowest BCUT2D eigenvalue weighted by molar-refractivity contribution is -0.136. The van der Waals surface area contributed by atoms with E-state index < -0.39 is 5.97 Å². The maximum absolute atomic E-state index is 10.8. The van der Waals surface area contributed by atoms with Gasteiger partial charge in [0.1, 0.15) is 11.4 Å². The van der Waals surface area contributed by atoms with Crippen molar-refractivity contribution in [3.63, 3.8) is 0 Å². The predicted octanol–water partition coefficient (Wildman–Crippen LogP) is 5.11. The summed E-state index contributed by atoms with van der Waals surface area (Å²) in [6.07, 6.45) is 1.87. The first-order valence-electron chi connectivity index (χ1n) is 9.79. The monoisotopic (exact) mass is 376 g/mol. The maximum Gasteiger partial charge on any atom is 0.307 e. The zero-order valence-electron chi connectivity index (χ0n) is 17.3. The van der Waals surface area contributed by atoms with Crippen LogP contribution in [-0.4, -0.2) is 16.7 Å². The molecule has 1 N–H and O–H groups in total. The van der Waals surface area contributed by atoms with Gasteiger partial charge in [0, 0.05) is 16.7 Å². The second-order valence-corrected chi connectivity index (χ2v) is 8.80. The van der Waals surface area contributed by atoms with Crippen molar-refractivity contribution in [2.24, 2.45) is 0 Å². The smallest absolute Gasteiger partial charge is 0.307 e. The Morgan fingerprint density at radius 2 is 1.79 bits per heavy atom. The van der Waals surface area contributed by atoms with Crippen LogP contribution in [0.4, 0.5) is 0 Å². The minimum absolute atomic E-state index is 0.0261. The number of aliphatic carboxylic acids is 1. The Morgan fingerprint density at radius 1 is 1.11 bits per heavy atom. The molecule has 146 valence electrons. The average molecular weight is 376 g/mol. The molecular formula is C25H28O3. The molecule has 0 spiro atoms. The van der Waals surface area contributed by atoms with Crippen LogP contribution in [0.5, 0.6) is 5.75 Å². The molecule has 3 rings (SSSR count). The van der Waals surface area contributed by atoms with Crippen molar-refractivity contribution in [1.29, 1.82) is 0 Å². The van der Waals surface area contributed by atoms with Gasteiger partial charge in [0.2, 0.25) is 0 Å². The summed E-state index contributed by atoms with van der Waals surface area (Å²) in [5.41, 5.74) is 4.94. The van der Waals surface area contributed by atoms with Crippen LogP contribution in [0.15, 0.2) is 36.4 Å². The van der Waals surface area contributed by atoms with Crippen molar-refractivity contribution in [3.8, 4) is 17.6 Å². The molecule has 2 aromatic rings. The van der Waals surface area contributed by atoms with Crippen LogP contribution in [0.25, 0.3) is 0 Å². The molecule has 0 bridgehead atoms. The van der Waals surface area contributed by atoms with Crippen LogP contribution in [0.3, 0.4) is 0 Å².